The van der Waals surface area contributed by atoms with E-state index in [1.165, 1.54) is 0 Å². The van der Waals surface area contributed by atoms with Crippen LogP contribution in [-0.2, 0) is 10.4 Å². The van der Waals surface area contributed by atoms with Gasteiger partial charge in [-0.25, -0.2) is 0 Å². The van der Waals surface area contributed by atoms with Gasteiger partial charge in [-0.05, 0) is 22.8 Å². The summed E-state index contributed by atoms with van der Waals surface area (Å²) < 4.78 is 32.6. The molecule has 4 nitrogen and oxygen atoms in total. The molecule has 0 saturated heterocycles. The molecule has 3 rings (SSSR count). The Hall–Kier alpha value is -1.75. The van der Waals surface area contributed by atoms with Gasteiger partial charge in [0.1, 0.15) is 0 Å². The highest BCUT2D eigenvalue weighted by atomic mass is 32.3. The summed E-state index contributed by atoms with van der Waals surface area (Å²) in [5.74, 6) is 0.739. The van der Waals surface area contributed by atoms with Crippen LogP contribution in [0.15, 0.2) is 30.3 Å². The Morgan fingerprint density at radius 3 is 2.56 bits per heavy atom. The van der Waals surface area contributed by atoms with Gasteiger partial charge in [0.05, 0.1) is 0 Å². The molecule has 0 aromatic heterocycles. The molecule has 0 unspecified atom stereocenters. The average Bonchev–Trinajstić information content (AvgIpc) is 2.58. The average molecular weight is 264 g/mol. The van der Waals surface area contributed by atoms with Gasteiger partial charge >= 0.3 is 10.4 Å². The third-order valence-corrected chi connectivity index (χ3v) is 3.72. The van der Waals surface area contributed by atoms with Crippen molar-refractivity contribution in [2.75, 3.05) is 0 Å². The van der Waals surface area contributed by atoms with Crippen LogP contribution < -0.4 is 8.37 Å². The molecule has 0 N–H and O–H groups in total. The Morgan fingerprint density at radius 2 is 1.83 bits per heavy atom. The third kappa shape index (κ3) is 1.62. The van der Waals surface area contributed by atoms with E-state index >= 15 is 0 Å². The van der Waals surface area contributed by atoms with Gasteiger partial charge in [0.2, 0.25) is 0 Å². The van der Waals surface area contributed by atoms with E-state index in [2.05, 4.69) is 0 Å². The van der Waals surface area contributed by atoms with E-state index in [1.807, 2.05) is 38.1 Å². The number of benzene rings is 2. The zero-order valence-corrected chi connectivity index (χ0v) is 10.8. The van der Waals surface area contributed by atoms with Gasteiger partial charge < -0.3 is 8.37 Å². The van der Waals surface area contributed by atoms with Crippen molar-refractivity contribution < 1.29 is 16.8 Å². The molecule has 0 amide bonds. The third-order valence-electron chi connectivity index (χ3n) is 2.96. The molecule has 0 saturated carbocycles. The molecular weight excluding hydrogens is 252 g/mol. The fourth-order valence-electron chi connectivity index (χ4n) is 2.28. The molecule has 0 atom stereocenters. The Kier molecular flexibility index (Phi) is 2.28. The van der Waals surface area contributed by atoms with E-state index in [0.717, 1.165) is 16.3 Å². The maximum atomic E-state index is 11.4. The Labute approximate surface area is 105 Å². The molecule has 0 radical (unpaired) electrons. The van der Waals surface area contributed by atoms with Gasteiger partial charge in [0.15, 0.2) is 11.5 Å². The first-order chi connectivity index (χ1) is 8.48. The maximum absolute atomic E-state index is 11.4. The van der Waals surface area contributed by atoms with Gasteiger partial charge in [0, 0.05) is 5.56 Å². The van der Waals surface area contributed by atoms with Crippen molar-refractivity contribution in [1.29, 1.82) is 0 Å². The van der Waals surface area contributed by atoms with E-state index in [1.54, 1.807) is 6.07 Å². The van der Waals surface area contributed by atoms with Crippen LogP contribution in [0.3, 0.4) is 0 Å². The van der Waals surface area contributed by atoms with E-state index in [9.17, 15) is 8.42 Å². The molecule has 2 aromatic carbocycles. The van der Waals surface area contributed by atoms with E-state index in [-0.39, 0.29) is 11.7 Å². The highest BCUT2D eigenvalue weighted by Crippen LogP contribution is 2.45. The van der Waals surface area contributed by atoms with Crippen LogP contribution in [0.4, 0.5) is 0 Å². The summed E-state index contributed by atoms with van der Waals surface area (Å²) in [4.78, 5) is 0. The fourth-order valence-corrected chi connectivity index (χ4v) is 3.03. The summed E-state index contributed by atoms with van der Waals surface area (Å²) in [6.45, 7) is 3.99. The van der Waals surface area contributed by atoms with Gasteiger partial charge in [-0.2, -0.15) is 0 Å². The first-order valence-corrected chi connectivity index (χ1v) is 7.01. The van der Waals surface area contributed by atoms with Crippen molar-refractivity contribution >= 4 is 21.2 Å². The van der Waals surface area contributed by atoms with Crippen LogP contribution in [0.5, 0.6) is 11.5 Å². The Morgan fingerprint density at radius 1 is 1.11 bits per heavy atom. The second-order valence-electron chi connectivity index (χ2n) is 4.57. The summed E-state index contributed by atoms with van der Waals surface area (Å²) in [5.41, 5.74) is 0.865. The summed E-state index contributed by atoms with van der Waals surface area (Å²) in [5, 5.41) is 1.94. The van der Waals surface area contributed by atoms with Crippen molar-refractivity contribution in [3.63, 3.8) is 0 Å². The molecule has 94 valence electrons. The topological polar surface area (TPSA) is 52.6 Å². The lowest BCUT2D eigenvalue weighted by Crippen LogP contribution is -2.08. The summed E-state index contributed by atoms with van der Waals surface area (Å²) in [7, 11) is -3.94. The van der Waals surface area contributed by atoms with Crippen LogP contribution in [0, 0.1) is 0 Å². The minimum absolute atomic E-state index is 0.141. The molecule has 0 fully saturated rings. The highest BCUT2D eigenvalue weighted by Gasteiger charge is 2.32. The second-order valence-corrected chi connectivity index (χ2v) is 5.72. The predicted octanol–water partition coefficient (Wildman–Crippen LogP) is 2.98. The van der Waals surface area contributed by atoms with Crippen molar-refractivity contribution in [1.82, 2.24) is 0 Å². The molecule has 0 aliphatic carbocycles. The normalized spacial score (nSPS) is 16.4. The van der Waals surface area contributed by atoms with E-state index in [4.69, 9.17) is 8.37 Å². The Bertz CT molecular complexity index is 732. The molecule has 1 aliphatic heterocycles. The zero-order chi connectivity index (χ0) is 12.9. The van der Waals surface area contributed by atoms with Gasteiger partial charge in [0.25, 0.3) is 0 Å². The van der Waals surface area contributed by atoms with Gasteiger partial charge in [-0.15, -0.1) is 8.42 Å². The molecule has 1 heterocycles. The van der Waals surface area contributed by atoms with Crippen LogP contribution in [-0.4, -0.2) is 8.42 Å². The summed E-state index contributed by atoms with van der Waals surface area (Å²) >= 11 is 0. The molecule has 1 aliphatic rings. The SMILES string of the molecule is CC(C)c1c2c(cc3ccccc13)OS(=O)(=O)O2. The highest BCUT2D eigenvalue weighted by molar-refractivity contribution is 7.82. The Balaban J connectivity index is 2.41. The predicted molar refractivity (Wildman–Crippen MR) is 68.2 cm³/mol. The molecule has 18 heavy (non-hydrogen) atoms. The second kappa shape index (κ2) is 3.62. The van der Waals surface area contributed by atoms with E-state index < -0.39 is 10.4 Å². The summed E-state index contributed by atoms with van der Waals surface area (Å²) in [6.07, 6.45) is 0. The molecular formula is C13H12O4S. The van der Waals surface area contributed by atoms with Crippen molar-refractivity contribution in [3.05, 3.63) is 35.9 Å². The van der Waals surface area contributed by atoms with Crippen LogP contribution in [0.1, 0.15) is 25.3 Å². The monoisotopic (exact) mass is 264 g/mol. The largest absolute Gasteiger partial charge is 0.501 e. The number of rotatable bonds is 1. The maximum Gasteiger partial charge on any atom is 0.501 e. The van der Waals surface area contributed by atoms with Crippen molar-refractivity contribution in [2.24, 2.45) is 0 Å². The summed E-state index contributed by atoms with van der Waals surface area (Å²) in [6, 6.07) is 9.41. The fraction of sp³-hybridized carbons (Fsp3) is 0.231. The molecule has 0 bridgehead atoms. The first kappa shape index (κ1) is 11.3. The molecule has 2 aromatic rings. The van der Waals surface area contributed by atoms with Gasteiger partial charge in [-0.3, -0.25) is 0 Å². The van der Waals surface area contributed by atoms with Crippen LogP contribution in [0.2, 0.25) is 0 Å². The smallest absolute Gasteiger partial charge is 0.349 e. The number of hydrogen-bond donors (Lipinski definition) is 0. The van der Waals surface area contributed by atoms with Crippen LogP contribution >= 0.6 is 0 Å². The number of hydrogen-bond acceptors (Lipinski definition) is 4. The quantitative estimate of drug-likeness (QED) is 0.794. The zero-order valence-electron chi connectivity index (χ0n) is 10.0. The number of fused-ring (bicyclic) bond motifs is 2. The first-order valence-electron chi connectivity index (χ1n) is 5.67. The van der Waals surface area contributed by atoms with Gasteiger partial charge in [-0.1, -0.05) is 38.1 Å². The van der Waals surface area contributed by atoms with Crippen molar-refractivity contribution in [3.8, 4) is 11.5 Å². The van der Waals surface area contributed by atoms with Crippen molar-refractivity contribution in [2.45, 2.75) is 19.8 Å². The minimum atomic E-state index is -3.94. The molecule has 0 spiro atoms. The standard InChI is InChI=1S/C13H12O4S/c1-8(2)12-10-6-4-3-5-9(10)7-11-13(12)17-18(14,15)16-11/h3-8H,1-2H3. The van der Waals surface area contributed by atoms with Crippen LogP contribution in [0.25, 0.3) is 10.8 Å². The molecule has 5 heteroatoms. The minimum Gasteiger partial charge on any atom is -0.349 e. The van der Waals surface area contributed by atoms with E-state index in [0.29, 0.717) is 5.75 Å². The lowest BCUT2D eigenvalue weighted by molar-refractivity contribution is 0.435. The lowest BCUT2D eigenvalue weighted by atomic mass is 9.94. The lowest BCUT2D eigenvalue weighted by Gasteiger charge is -2.12.